The lowest BCUT2D eigenvalue weighted by atomic mass is 10.0. The van der Waals surface area contributed by atoms with E-state index >= 15 is 0 Å². The fourth-order valence-electron chi connectivity index (χ4n) is 2.05. The molecule has 0 saturated heterocycles. The van der Waals surface area contributed by atoms with Gasteiger partial charge in [-0.1, -0.05) is 12.1 Å². The molecule has 7 heteroatoms. The Bertz CT molecular complexity index is 617. The second-order valence-electron chi connectivity index (χ2n) is 4.28. The smallest absolute Gasteiger partial charge is 0.264 e. The summed E-state index contributed by atoms with van der Waals surface area (Å²) in [5, 5.41) is 1.49. The summed E-state index contributed by atoms with van der Waals surface area (Å²) >= 11 is 3.32. The quantitative estimate of drug-likeness (QED) is 0.624. The van der Waals surface area contributed by atoms with Crippen LogP contribution in [0.15, 0.2) is 47.6 Å². The fourth-order valence-corrected chi connectivity index (χ4v) is 2.47. The molecule has 20 heavy (non-hydrogen) atoms. The van der Waals surface area contributed by atoms with E-state index < -0.39 is 11.7 Å². The minimum absolute atomic E-state index is 0.238. The summed E-state index contributed by atoms with van der Waals surface area (Å²) in [5.41, 5.74) is 3.84. The monoisotopic (exact) mass is 343 g/mol. The third-order valence-corrected chi connectivity index (χ3v) is 3.38. The predicted molar refractivity (Wildman–Crippen MR) is 73.7 cm³/mol. The van der Waals surface area contributed by atoms with E-state index in [1.54, 1.807) is 11.2 Å². The van der Waals surface area contributed by atoms with Gasteiger partial charge in [-0.2, -0.15) is 18.6 Å². The number of aliphatic imine (C=N–C) groups is 1. The summed E-state index contributed by atoms with van der Waals surface area (Å²) in [6.07, 6.45) is 1.11. The van der Waals surface area contributed by atoms with E-state index in [0.29, 0.717) is 11.4 Å². The number of fused-ring (bicyclic) bond motifs is 1. The van der Waals surface area contributed by atoms with Gasteiger partial charge in [0.15, 0.2) is 10.9 Å². The number of nitrogens with zero attached hydrogens (tertiary/aromatic N) is 2. The van der Waals surface area contributed by atoms with Gasteiger partial charge < -0.3 is 0 Å². The van der Waals surface area contributed by atoms with Crippen LogP contribution in [0.1, 0.15) is 11.1 Å². The van der Waals surface area contributed by atoms with Crippen molar-refractivity contribution in [3.05, 3.63) is 53.7 Å². The predicted octanol–water partition coefficient (Wildman–Crippen LogP) is 3.51. The topological polar surface area (TPSA) is 27.6 Å². The third kappa shape index (κ3) is 2.38. The minimum Gasteiger partial charge on any atom is -0.264 e. The van der Waals surface area contributed by atoms with Crippen molar-refractivity contribution in [1.29, 1.82) is 0 Å². The van der Waals surface area contributed by atoms with Gasteiger partial charge in [-0.3, -0.25) is 5.01 Å². The molecule has 2 aliphatic heterocycles. The molecule has 0 bridgehead atoms. The lowest BCUT2D eigenvalue weighted by molar-refractivity contribution is -0.137. The number of hydrogen-bond acceptors (Lipinski definition) is 3. The van der Waals surface area contributed by atoms with Crippen molar-refractivity contribution in [2.45, 2.75) is 11.3 Å². The van der Waals surface area contributed by atoms with Crippen molar-refractivity contribution < 1.29 is 13.2 Å². The molecule has 2 aliphatic rings. The van der Waals surface area contributed by atoms with Gasteiger partial charge in [-0.05, 0) is 45.8 Å². The van der Waals surface area contributed by atoms with Crippen LogP contribution in [0, 0.1) is 0 Å². The third-order valence-electron chi connectivity index (χ3n) is 2.97. The van der Waals surface area contributed by atoms with Crippen LogP contribution < -0.4 is 5.43 Å². The molecule has 0 aromatic heterocycles. The SMILES string of the molecule is FC(F)(F)c1ccc(C2=CC=CN3NC(Br)N=C23)cc1. The Hall–Kier alpha value is -1.60. The van der Waals surface area contributed by atoms with Gasteiger partial charge in [-0.25, -0.2) is 4.99 Å². The van der Waals surface area contributed by atoms with Gasteiger partial charge in [0.2, 0.25) is 0 Å². The van der Waals surface area contributed by atoms with Crippen molar-refractivity contribution >= 4 is 27.3 Å². The first kappa shape index (κ1) is 13.4. The van der Waals surface area contributed by atoms with Crippen molar-refractivity contribution in [3.63, 3.8) is 0 Å². The first-order valence-corrected chi connectivity index (χ1v) is 6.70. The van der Waals surface area contributed by atoms with Crippen molar-refractivity contribution in [2.24, 2.45) is 4.99 Å². The van der Waals surface area contributed by atoms with Crippen LogP contribution in [0.4, 0.5) is 13.2 Å². The molecular formula is C13H9BrF3N3. The molecular weight excluding hydrogens is 335 g/mol. The van der Waals surface area contributed by atoms with E-state index in [1.807, 2.05) is 12.2 Å². The second-order valence-corrected chi connectivity index (χ2v) is 5.15. The minimum atomic E-state index is -4.32. The van der Waals surface area contributed by atoms with E-state index in [-0.39, 0.29) is 5.08 Å². The van der Waals surface area contributed by atoms with Crippen molar-refractivity contribution in [3.8, 4) is 0 Å². The summed E-state index contributed by atoms with van der Waals surface area (Å²) in [6.45, 7) is 0. The highest BCUT2D eigenvalue weighted by atomic mass is 79.9. The van der Waals surface area contributed by atoms with Crippen LogP contribution in [0.25, 0.3) is 5.57 Å². The van der Waals surface area contributed by atoms with Crippen LogP contribution in [-0.2, 0) is 6.18 Å². The fraction of sp³-hybridized carbons (Fsp3) is 0.154. The number of hydrogen-bond donors (Lipinski definition) is 1. The summed E-state index contributed by atoms with van der Waals surface area (Å²) in [6, 6.07) is 5.06. The number of rotatable bonds is 1. The van der Waals surface area contributed by atoms with Gasteiger partial charge in [0.25, 0.3) is 0 Å². The maximum absolute atomic E-state index is 12.6. The molecule has 0 aliphatic carbocycles. The van der Waals surface area contributed by atoms with E-state index in [0.717, 1.165) is 17.7 Å². The summed E-state index contributed by atoms with van der Waals surface area (Å²) < 4.78 is 37.7. The largest absolute Gasteiger partial charge is 0.416 e. The standard InChI is InChI=1S/C13H9BrF3N3/c14-12-18-11-10(2-1-7-20(11)19-12)8-3-5-9(6-4-8)13(15,16)17/h1-7,12,19H. The number of allylic oxidation sites excluding steroid dienone is 2. The zero-order valence-corrected chi connectivity index (χ0v) is 11.6. The highest BCUT2D eigenvalue weighted by Gasteiger charge is 2.31. The van der Waals surface area contributed by atoms with Crippen molar-refractivity contribution in [2.75, 3.05) is 0 Å². The van der Waals surface area contributed by atoms with Crippen LogP contribution in [0.5, 0.6) is 0 Å². The van der Waals surface area contributed by atoms with Crippen LogP contribution in [0.2, 0.25) is 0 Å². The lowest BCUT2D eigenvalue weighted by Gasteiger charge is -2.21. The molecule has 0 radical (unpaired) electrons. The van der Waals surface area contributed by atoms with E-state index in [9.17, 15) is 13.2 Å². The Labute approximate surface area is 121 Å². The Morgan fingerprint density at radius 1 is 1.20 bits per heavy atom. The number of nitrogens with one attached hydrogen (secondary N) is 1. The first-order valence-electron chi connectivity index (χ1n) is 5.79. The van der Waals surface area contributed by atoms with Gasteiger partial charge in [0.1, 0.15) is 0 Å². The molecule has 104 valence electrons. The van der Waals surface area contributed by atoms with Gasteiger partial charge >= 0.3 is 6.18 Å². The molecule has 0 fully saturated rings. The Morgan fingerprint density at radius 3 is 2.55 bits per heavy atom. The molecule has 0 spiro atoms. The van der Waals surface area contributed by atoms with E-state index in [4.69, 9.17) is 0 Å². The van der Waals surface area contributed by atoms with E-state index in [2.05, 4.69) is 26.3 Å². The number of amidine groups is 1. The summed E-state index contributed by atoms with van der Waals surface area (Å²) in [7, 11) is 0. The highest BCUT2D eigenvalue weighted by molar-refractivity contribution is 9.09. The summed E-state index contributed by atoms with van der Waals surface area (Å²) in [5.74, 6) is 0.675. The first-order chi connectivity index (χ1) is 9.45. The Morgan fingerprint density at radius 2 is 1.90 bits per heavy atom. The molecule has 3 rings (SSSR count). The van der Waals surface area contributed by atoms with Crippen LogP contribution >= 0.6 is 15.9 Å². The molecule has 0 amide bonds. The van der Waals surface area contributed by atoms with Crippen LogP contribution in [0.3, 0.4) is 0 Å². The number of benzene rings is 1. The Kier molecular flexibility index (Phi) is 3.18. The van der Waals surface area contributed by atoms with Gasteiger partial charge in [0.05, 0.1) is 5.56 Å². The molecule has 0 saturated carbocycles. The van der Waals surface area contributed by atoms with Gasteiger partial charge in [-0.15, -0.1) is 0 Å². The average molecular weight is 344 g/mol. The Balaban J connectivity index is 1.95. The second kappa shape index (κ2) is 4.75. The number of hydrazine groups is 1. The molecule has 2 heterocycles. The van der Waals surface area contributed by atoms with Gasteiger partial charge in [0, 0.05) is 11.8 Å². The molecule has 1 N–H and O–H groups in total. The number of alkyl halides is 4. The molecule has 3 nitrogen and oxygen atoms in total. The zero-order chi connectivity index (χ0) is 14.3. The average Bonchev–Trinajstić information content (AvgIpc) is 2.78. The molecule has 1 aromatic rings. The molecule has 1 aromatic carbocycles. The lowest BCUT2D eigenvalue weighted by Crippen LogP contribution is -2.35. The van der Waals surface area contributed by atoms with E-state index in [1.165, 1.54) is 12.1 Å². The molecule has 1 atom stereocenters. The summed E-state index contributed by atoms with van der Waals surface area (Å²) in [4.78, 5) is 4.35. The number of halogens is 4. The maximum Gasteiger partial charge on any atom is 0.416 e. The normalized spacial score (nSPS) is 21.6. The highest BCUT2D eigenvalue weighted by Crippen LogP contribution is 2.31. The van der Waals surface area contributed by atoms with Crippen LogP contribution in [-0.4, -0.2) is 15.9 Å². The molecule has 1 unspecified atom stereocenters. The zero-order valence-electron chi connectivity index (χ0n) is 10.0. The maximum atomic E-state index is 12.6. The van der Waals surface area contributed by atoms with Crippen molar-refractivity contribution in [1.82, 2.24) is 10.4 Å².